The molecule has 0 aromatic heterocycles. The molecule has 0 aromatic rings. The second kappa shape index (κ2) is 2.75. The maximum Gasteiger partial charge on any atom is 0.0172 e. The van der Waals surface area contributed by atoms with E-state index >= 15 is 0 Å². The Morgan fingerprint density at radius 1 is 1.00 bits per heavy atom. The first-order valence-electron chi connectivity index (χ1n) is 6.25. The summed E-state index contributed by atoms with van der Waals surface area (Å²) in [6, 6.07) is 0.885. The van der Waals surface area contributed by atoms with Gasteiger partial charge in [-0.25, -0.2) is 0 Å². The number of hydrogen-bond acceptors (Lipinski definition) is 1. The van der Waals surface area contributed by atoms with Gasteiger partial charge in [-0.2, -0.15) is 0 Å². The first-order valence-corrected chi connectivity index (χ1v) is 6.25. The summed E-state index contributed by atoms with van der Waals surface area (Å²) in [6.45, 7) is 2.56. The SMILES string of the molecule is CN(C)C1C2CC3CC(C2)CC1(C)C3. The fourth-order valence-electron chi connectivity index (χ4n) is 5.47. The van der Waals surface area contributed by atoms with E-state index in [1.807, 2.05) is 0 Å². The molecule has 4 saturated carbocycles. The lowest BCUT2D eigenvalue weighted by molar-refractivity contribution is -0.107. The maximum atomic E-state index is 2.56. The van der Waals surface area contributed by atoms with E-state index in [0.29, 0.717) is 5.41 Å². The molecular weight excluding hydrogens is 170 g/mol. The Hall–Kier alpha value is -0.0400. The Bertz CT molecular complexity index is 232. The van der Waals surface area contributed by atoms with Crippen molar-refractivity contribution in [2.24, 2.45) is 23.2 Å². The fraction of sp³-hybridized carbons (Fsp3) is 1.00. The fourth-order valence-corrected chi connectivity index (χ4v) is 5.47. The molecule has 4 aliphatic rings. The van der Waals surface area contributed by atoms with Crippen LogP contribution < -0.4 is 0 Å². The molecule has 1 heteroatoms. The van der Waals surface area contributed by atoms with Crippen molar-refractivity contribution in [3.05, 3.63) is 0 Å². The average molecular weight is 193 g/mol. The van der Waals surface area contributed by atoms with Crippen molar-refractivity contribution in [1.29, 1.82) is 0 Å². The molecule has 0 amide bonds. The van der Waals surface area contributed by atoms with Gasteiger partial charge in [-0.3, -0.25) is 0 Å². The lowest BCUT2D eigenvalue weighted by Gasteiger charge is -2.61. The molecule has 0 N–H and O–H groups in total. The van der Waals surface area contributed by atoms with Crippen LogP contribution in [0, 0.1) is 23.2 Å². The van der Waals surface area contributed by atoms with E-state index < -0.39 is 0 Å². The lowest BCUT2D eigenvalue weighted by atomic mass is 9.48. The van der Waals surface area contributed by atoms with E-state index in [-0.39, 0.29) is 0 Å². The summed E-state index contributed by atoms with van der Waals surface area (Å²) in [5.74, 6) is 3.21. The van der Waals surface area contributed by atoms with Crippen LogP contribution >= 0.6 is 0 Å². The van der Waals surface area contributed by atoms with Gasteiger partial charge < -0.3 is 4.90 Å². The second-order valence-electron chi connectivity index (χ2n) is 6.67. The highest BCUT2D eigenvalue weighted by atomic mass is 15.1. The highest BCUT2D eigenvalue weighted by Gasteiger charge is 2.55. The van der Waals surface area contributed by atoms with Crippen LogP contribution in [0.1, 0.15) is 39.0 Å². The predicted octanol–water partition coefficient (Wildman–Crippen LogP) is 2.76. The minimum atomic E-state index is 0.665. The van der Waals surface area contributed by atoms with Gasteiger partial charge in [0.05, 0.1) is 0 Å². The average Bonchev–Trinajstić information content (AvgIpc) is 1.97. The van der Waals surface area contributed by atoms with Gasteiger partial charge in [-0.1, -0.05) is 6.92 Å². The van der Waals surface area contributed by atoms with Crippen LogP contribution in [0.5, 0.6) is 0 Å². The highest BCUT2D eigenvalue weighted by molar-refractivity contribution is 5.07. The Balaban J connectivity index is 1.94. The maximum absolute atomic E-state index is 2.56. The van der Waals surface area contributed by atoms with Crippen LogP contribution in [-0.4, -0.2) is 25.0 Å². The van der Waals surface area contributed by atoms with Gasteiger partial charge in [0.1, 0.15) is 0 Å². The molecular formula is C13H23N. The summed E-state index contributed by atoms with van der Waals surface area (Å²) in [4.78, 5) is 2.52. The zero-order valence-electron chi connectivity index (χ0n) is 9.79. The van der Waals surface area contributed by atoms with Crippen LogP contribution in [0.2, 0.25) is 0 Å². The van der Waals surface area contributed by atoms with Gasteiger partial charge >= 0.3 is 0 Å². The van der Waals surface area contributed by atoms with E-state index in [2.05, 4.69) is 25.9 Å². The van der Waals surface area contributed by atoms with Crippen molar-refractivity contribution in [2.45, 2.75) is 45.1 Å². The van der Waals surface area contributed by atoms with Crippen molar-refractivity contribution in [2.75, 3.05) is 14.1 Å². The number of rotatable bonds is 1. The van der Waals surface area contributed by atoms with E-state index in [1.165, 1.54) is 25.7 Å². The van der Waals surface area contributed by atoms with Gasteiger partial charge in [0.15, 0.2) is 0 Å². The predicted molar refractivity (Wildman–Crippen MR) is 59.1 cm³/mol. The minimum absolute atomic E-state index is 0.665. The highest BCUT2D eigenvalue weighted by Crippen LogP contribution is 2.60. The van der Waals surface area contributed by atoms with Gasteiger partial charge in [0.25, 0.3) is 0 Å². The molecule has 4 rings (SSSR count). The molecule has 4 aliphatic carbocycles. The van der Waals surface area contributed by atoms with E-state index in [9.17, 15) is 0 Å². The molecule has 0 radical (unpaired) electrons. The zero-order chi connectivity index (χ0) is 9.92. The molecule has 0 spiro atoms. The Morgan fingerprint density at radius 3 is 2.00 bits per heavy atom. The monoisotopic (exact) mass is 193 g/mol. The number of hydrogen-bond donors (Lipinski definition) is 0. The Morgan fingerprint density at radius 2 is 1.57 bits per heavy atom. The third-order valence-corrected chi connectivity index (χ3v) is 5.17. The molecule has 0 aliphatic heterocycles. The van der Waals surface area contributed by atoms with Crippen molar-refractivity contribution in [3.8, 4) is 0 Å². The molecule has 4 bridgehead atoms. The molecule has 0 heterocycles. The first kappa shape index (κ1) is 9.21. The molecule has 1 nitrogen and oxygen atoms in total. The summed E-state index contributed by atoms with van der Waals surface area (Å²) in [7, 11) is 4.58. The lowest BCUT2D eigenvalue weighted by Crippen LogP contribution is -2.59. The first-order chi connectivity index (χ1) is 6.58. The molecule has 3 atom stereocenters. The van der Waals surface area contributed by atoms with Crippen LogP contribution in [0.4, 0.5) is 0 Å². The molecule has 14 heavy (non-hydrogen) atoms. The van der Waals surface area contributed by atoms with Crippen molar-refractivity contribution in [3.63, 3.8) is 0 Å². The van der Waals surface area contributed by atoms with E-state index in [1.54, 1.807) is 6.42 Å². The molecule has 0 aromatic carbocycles. The van der Waals surface area contributed by atoms with Gasteiger partial charge in [-0.05, 0) is 69.4 Å². The van der Waals surface area contributed by atoms with E-state index in [0.717, 1.165) is 23.8 Å². The van der Waals surface area contributed by atoms with Crippen molar-refractivity contribution in [1.82, 2.24) is 4.90 Å². The van der Waals surface area contributed by atoms with Crippen LogP contribution in [0.25, 0.3) is 0 Å². The smallest absolute Gasteiger partial charge is 0.0172 e. The molecule has 4 fully saturated rings. The summed E-state index contributed by atoms with van der Waals surface area (Å²) in [6.07, 6.45) is 7.67. The van der Waals surface area contributed by atoms with Crippen LogP contribution in [0.3, 0.4) is 0 Å². The van der Waals surface area contributed by atoms with E-state index in [4.69, 9.17) is 0 Å². The normalized spacial score (nSPS) is 55.7. The third kappa shape index (κ3) is 1.11. The summed E-state index contributed by atoms with van der Waals surface area (Å²) in [5.41, 5.74) is 0.665. The third-order valence-electron chi connectivity index (χ3n) is 5.17. The number of nitrogens with zero attached hydrogens (tertiary/aromatic N) is 1. The summed E-state index contributed by atoms with van der Waals surface area (Å²) in [5, 5.41) is 0. The van der Waals surface area contributed by atoms with Crippen LogP contribution in [0.15, 0.2) is 0 Å². The molecule has 80 valence electrons. The van der Waals surface area contributed by atoms with Crippen molar-refractivity contribution < 1.29 is 0 Å². The van der Waals surface area contributed by atoms with Gasteiger partial charge in [0.2, 0.25) is 0 Å². The quantitative estimate of drug-likeness (QED) is 0.619. The van der Waals surface area contributed by atoms with Gasteiger partial charge in [0, 0.05) is 6.04 Å². The largest absolute Gasteiger partial charge is 0.306 e. The van der Waals surface area contributed by atoms with Gasteiger partial charge in [-0.15, -0.1) is 0 Å². The van der Waals surface area contributed by atoms with Crippen LogP contribution in [-0.2, 0) is 0 Å². The zero-order valence-corrected chi connectivity index (χ0v) is 9.79. The Kier molecular flexibility index (Phi) is 1.81. The topological polar surface area (TPSA) is 3.24 Å². The molecule has 0 saturated heterocycles. The minimum Gasteiger partial charge on any atom is -0.306 e. The second-order valence-corrected chi connectivity index (χ2v) is 6.67. The Labute approximate surface area is 87.9 Å². The van der Waals surface area contributed by atoms with Crippen molar-refractivity contribution >= 4 is 0 Å². The molecule has 3 unspecified atom stereocenters. The summed E-state index contributed by atoms with van der Waals surface area (Å²) >= 11 is 0. The standard InChI is InChI=1S/C13H23N/c1-13-7-9-4-10(8-13)6-11(5-9)12(13)14(2)3/h9-12H,4-8H2,1-3H3. The summed E-state index contributed by atoms with van der Waals surface area (Å²) < 4.78 is 0.